The predicted octanol–water partition coefficient (Wildman–Crippen LogP) is 5.61. The summed E-state index contributed by atoms with van der Waals surface area (Å²) in [6, 6.07) is 20.4. The first kappa shape index (κ1) is 19.9. The lowest BCUT2D eigenvalue weighted by molar-refractivity contribution is 0.0507. The number of carbonyl (C=O) groups excluding carboxylic acids is 2. The molecule has 0 aromatic heterocycles. The van der Waals surface area contributed by atoms with Gasteiger partial charge >= 0.3 is 11.9 Å². The van der Waals surface area contributed by atoms with Gasteiger partial charge in [0.25, 0.3) is 0 Å². The minimum Gasteiger partial charge on any atom is -0.462 e. The van der Waals surface area contributed by atoms with Crippen molar-refractivity contribution in [3.05, 3.63) is 99.5 Å². The van der Waals surface area contributed by atoms with Crippen molar-refractivity contribution < 1.29 is 19.1 Å². The quantitative estimate of drug-likeness (QED) is 0.388. The third-order valence-electron chi connectivity index (χ3n) is 3.85. The van der Waals surface area contributed by atoms with Crippen LogP contribution in [-0.2, 0) is 11.2 Å². The molecule has 3 aromatic rings. The Hall–Kier alpha value is -2.82. The molecule has 28 heavy (non-hydrogen) atoms. The van der Waals surface area contributed by atoms with E-state index in [-0.39, 0.29) is 17.9 Å². The third kappa shape index (κ3) is 5.59. The largest absolute Gasteiger partial charge is 0.462 e. The topological polar surface area (TPSA) is 52.6 Å². The summed E-state index contributed by atoms with van der Waals surface area (Å²) in [6.07, 6.45) is 0.622. The van der Waals surface area contributed by atoms with Gasteiger partial charge in [-0.1, -0.05) is 59.6 Å². The molecule has 6 heteroatoms. The highest BCUT2D eigenvalue weighted by Crippen LogP contribution is 2.21. The third-order valence-corrected chi connectivity index (χ3v) is 4.28. The molecule has 3 rings (SSSR count). The van der Waals surface area contributed by atoms with Crippen molar-refractivity contribution >= 4 is 35.1 Å². The van der Waals surface area contributed by atoms with Gasteiger partial charge in [-0.2, -0.15) is 0 Å². The molecule has 0 aliphatic carbocycles. The average Bonchev–Trinajstić information content (AvgIpc) is 2.68. The highest BCUT2D eigenvalue weighted by Gasteiger charge is 2.13. The zero-order valence-corrected chi connectivity index (χ0v) is 16.2. The summed E-state index contributed by atoms with van der Waals surface area (Å²) >= 11 is 11.8. The van der Waals surface area contributed by atoms with Crippen LogP contribution in [0.2, 0.25) is 10.0 Å². The Labute approximate surface area is 172 Å². The minimum atomic E-state index is -0.626. The first-order valence-corrected chi connectivity index (χ1v) is 9.26. The van der Waals surface area contributed by atoms with Crippen LogP contribution in [0.3, 0.4) is 0 Å². The summed E-state index contributed by atoms with van der Waals surface area (Å²) in [5.41, 5.74) is 1.59. The first-order chi connectivity index (χ1) is 13.5. The van der Waals surface area contributed by atoms with Crippen molar-refractivity contribution in [2.75, 3.05) is 6.61 Å². The van der Waals surface area contributed by atoms with E-state index in [0.717, 1.165) is 5.56 Å². The molecule has 0 heterocycles. The van der Waals surface area contributed by atoms with Gasteiger partial charge in [0.05, 0.1) is 17.7 Å². The number of hydrogen-bond donors (Lipinski definition) is 0. The standard InChI is InChI=1S/C22H16Cl2O4/c23-18-11-17(12-19(24)14-18)22(26)28-20-8-4-7-16(13-20)21(25)27-10-9-15-5-2-1-3-6-15/h1-8,11-14H,9-10H2. The zero-order valence-electron chi connectivity index (χ0n) is 14.7. The maximum absolute atomic E-state index is 12.3. The molecular formula is C22H16Cl2O4. The van der Waals surface area contributed by atoms with Crippen molar-refractivity contribution in [3.63, 3.8) is 0 Å². The van der Waals surface area contributed by atoms with Gasteiger partial charge in [-0.15, -0.1) is 0 Å². The van der Waals surface area contributed by atoms with Crippen molar-refractivity contribution in [3.8, 4) is 5.75 Å². The van der Waals surface area contributed by atoms with Crippen LogP contribution in [0.1, 0.15) is 26.3 Å². The second-order valence-corrected chi connectivity index (χ2v) is 6.82. The van der Waals surface area contributed by atoms with E-state index in [4.69, 9.17) is 32.7 Å². The summed E-state index contributed by atoms with van der Waals surface area (Å²) in [5.74, 6) is -0.891. The molecular weight excluding hydrogens is 399 g/mol. The van der Waals surface area contributed by atoms with Gasteiger partial charge in [0.2, 0.25) is 0 Å². The molecule has 0 fully saturated rings. The summed E-state index contributed by atoms with van der Waals surface area (Å²) in [7, 11) is 0. The molecule has 142 valence electrons. The maximum Gasteiger partial charge on any atom is 0.343 e. The van der Waals surface area contributed by atoms with E-state index in [9.17, 15) is 9.59 Å². The fourth-order valence-corrected chi connectivity index (χ4v) is 3.04. The highest BCUT2D eigenvalue weighted by atomic mass is 35.5. The van der Waals surface area contributed by atoms with E-state index in [0.29, 0.717) is 22.0 Å². The van der Waals surface area contributed by atoms with E-state index in [1.807, 2.05) is 30.3 Å². The number of hydrogen-bond acceptors (Lipinski definition) is 4. The van der Waals surface area contributed by atoms with Gasteiger partial charge < -0.3 is 9.47 Å². The smallest absolute Gasteiger partial charge is 0.343 e. The highest BCUT2D eigenvalue weighted by molar-refractivity contribution is 6.35. The first-order valence-electron chi connectivity index (χ1n) is 8.50. The van der Waals surface area contributed by atoms with Gasteiger partial charge in [-0.3, -0.25) is 0 Å². The van der Waals surface area contributed by atoms with E-state index in [1.54, 1.807) is 18.2 Å². The molecule has 0 unspecified atom stereocenters. The average molecular weight is 415 g/mol. The summed E-state index contributed by atoms with van der Waals surface area (Å²) in [4.78, 5) is 24.5. The minimum absolute atomic E-state index is 0.216. The molecule has 0 amide bonds. The molecule has 0 atom stereocenters. The number of carbonyl (C=O) groups is 2. The fourth-order valence-electron chi connectivity index (χ4n) is 2.51. The van der Waals surface area contributed by atoms with E-state index >= 15 is 0 Å². The van der Waals surface area contributed by atoms with E-state index in [2.05, 4.69) is 0 Å². The predicted molar refractivity (Wildman–Crippen MR) is 108 cm³/mol. The SMILES string of the molecule is O=C(OCCc1ccccc1)c1cccc(OC(=O)c2cc(Cl)cc(Cl)c2)c1. The van der Waals surface area contributed by atoms with Crippen LogP contribution in [0.5, 0.6) is 5.75 Å². The molecule has 0 N–H and O–H groups in total. The lowest BCUT2D eigenvalue weighted by atomic mass is 10.2. The van der Waals surface area contributed by atoms with Crippen molar-refractivity contribution in [1.82, 2.24) is 0 Å². The van der Waals surface area contributed by atoms with Gasteiger partial charge in [0.15, 0.2) is 0 Å². The Bertz CT molecular complexity index is 967. The van der Waals surface area contributed by atoms with Crippen LogP contribution >= 0.6 is 23.2 Å². The van der Waals surface area contributed by atoms with E-state index in [1.165, 1.54) is 24.3 Å². The molecule has 0 bridgehead atoms. The number of halogens is 2. The van der Waals surface area contributed by atoms with Crippen LogP contribution in [0, 0.1) is 0 Å². The van der Waals surface area contributed by atoms with Gasteiger partial charge in [0, 0.05) is 16.5 Å². The van der Waals surface area contributed by atoms with Gasteiger partial charge in [0.1, 0.15) is 5.75 Å². The summed E-state index contributed by atoms with van der Waals surface area (Å²) in [5, 5.41) is 0.658. The Morgan fingerprint density at radius 3 is 2.18 bits per heavy atom. The van der Waals surface area contributed by atoms with Crippen LogP contribution in [0.4, 0.5) is 0 Å². The van der Waals surface area contributed by atoms with Crippen LogP contribution in [-0.4, -0.2) is 18.5 Å². The van der Waals surface area contributed by atoms with Crippen molar-refractivity contribution in [1.29, 1.82) is 0 Å². The van der Waals surface area contributed by atoms with Crippen LogP contribution in [0.15, 0.2) is 72.8 Å². The Balaban J connectivity index is 1.61. The molecule has 0 saturated heterocycles. The fraction of sp³-hybridized carbons (Fsp3) is 0.0909. The molecule has 0 aliphatic heterocycles. The monoisotopic (exact) mass is 414 g/mol. The number of rotatable bonds is 6. The second kappa shape index (κ2) is 9.40. The molecule has 4 nitrogen and oxygen atoms in total. The Kier molecular flexibility index (Phi) is 6.69. The molecule has 3 aromatic carbocycles. The van der Waals surface area contributed by atoms with Crippen LogP contribution in [0.25, 0.3) is 0 Å². The van der Waals surface area contributed by atoms with Gasteiger partial charge in [-0.25, -0.2) is 9.59 Å². The van der Waals surface area contributed by atoms with Crippen molar-refractivity contribution in [2.45, 2.75) is 6.42 Å². The Morgan fingerprint density at radius 2 is 1.46 bits per heavy atom. The molecule has 0 aliphatic rings. The summed E-state index contributed by atoms with van der Waals surface area (Å²) < 4.78 is 10.6. The summed E-state index contributed by atoms with van der Waals surface area (Å²) in [6.45, 7) is 0.258. The number of benzene rings is 3. The molecule has 0 saturated carbocycles. The zero-order chi connectivity index (χ0) is 19.9. The lowest BCUT2D eigenvalue weighted by Crippen LogP contribution is -2.11. The number of esters is 2. The number of ether oxygens (including phenoxy) is 2. The van der Waals surface area contributed by atoms with Crippen molar-refractivity contribution in [2.24, 2.45) is 0 Å². The Morgan fingerprint density at radius 1 is 0.750 bits per heavy atom. The van der Waals surface area contributed by atoms with Crippen LogP contribution < -0.4 is 4.74 Å². The second-order valence-electron chi connectivity index (χ2n) is 5.95. The maximum atomic E-state index is 12.3. The molecule has 0 spiro atoms. The van der Waals surface area contributed by atoms with E-state index < -0.39 is 11.9 Å². The van der Waals surface area contributed by atoms with Gasteiger partial charge in [-0.05, 0) is 42.0 Å². The lowest BCUT2D eigenvalue weighted by Gasteiger charge is -2.08. The molecule has 0 radical (unpaired) electrons. The normalized spacial score (nSPS) is 10.4.